The molecule has 1 saturated heterocycles. The molecular formula is C17H20N6O. The van der Waals surface area contributed by atoms with Crippen LogP contribution >= 0.6 is 0 Å². The highest BCUT2D eigenvalue weighted by Gasteiger charge is 2.26. The Morgan fingerprint density at radius 2 is 2.08 bits per heavy atom. The molecule has 3 heterocycles. The molecule has 0 radical (unpaired) electrons. The summed E-state index contributed by atoms with van der Waals surface area (Å²) in [5, 5.41) is 11.8. The number of aromatic nitrogens is 5. The predicted octanol–water partition coefficient (Wildman–Crippen LogP) is 2.09. The maximum absolute atomic E-state index is 5.50. The summed E-state index contributed by atoms with van der Waals surface area (Å²) < 4.78 is 7.19. The van der Waals surface area contributed by atoms with Gasteiger partial charge in [-0.1, -0.05) is 40.7 Å². The van der Waals surface area contributed by atoms with E-state index in [1.54, 1.807) is 17.1 Å². The van der Waals surface area contributed by atoms with Gasteiger partial charge < -0.3 is 4.52 Å². The van der Waals surface area contributed by atoms with Gasteiger partial charge in [-0.2, -0.15) is 4.98 Å². The first kappa shape index (κ1) is 15.0. The molecule has 1 fully saturated rings. The molecule has 2 aromatic heterocycles. The zero-order valence-electron chi connectivity index (χ0n) is 13.5. The Hall–Kier alpha value is -2.54. The summed E-state index contributed by atoms with van der Waals surface area (Å²) in [7, 11) is 0. The standard InChI is InChI=1S/C17H20N6O/c1-2-5-14(6-3-1)11-22-9-4-7-15(12-22)17-19-16(20-24-17)13-23-10-8-18-21-23/h1-3,5-6,8,10,15H,4,7,9,11-13H2/t15-/m1/s1. The van der Waals surface area contributed by atoms with E-state index in [1.807, 2.05) is 0 Å². The number of likely N-dealkylation sites (tertiary alicyclic amines) is 1. The number of rotatable bonds is 5. The topological polar surface area (TPSA) is 72.9 Å². The summed E-state index contributed by atoms with van der Waals surface area (Å²) >= 11 is 0. The Morgan fingerprint density at radius 1 is 1.17 bits per heavy atom. The van der Waals surface area contributed by atoms with Crippen molar-refractivity contribution >= 4 is 0 Å². The molecule has 0 unspecified atom stereocenters. The van der Waals surface area contributed by atoms with Crippen LogP contribution in [0.3, 0.4) is 0 Å². The van der Waals surface area contributed by atoms with Crippen molar-refractivity contribution in [3.8, 4) is 0 Å². The Labute approximate surface area is 140 Å². The number of piperidine rings is 1. The number of benzene rings is 1. The van der Waals surface area contributed by atoms with E-state index >= 15 is 0 Å². The van der Waals surface area contributed by atoms with Gasteiger partial charge in [-0.15, -0.1) is 5.10 Å². The van der Waals surface area contributed by atoms with Crippen molar-refractivity contribution in [2.75, 3.05) is 13.1 Å². The van der Waals surface area contributed by atoms with Crippen LogP contribution < -0.4 is 0 Å². The molecule has 1 atom stereocenters. The van der Waals surface area contributed by atoms with Crippen LogP contribution in [-0.2, 0) is 13.1 Å². The first-order valence-electron chi connectivity index (χ1n) is 8.30. The largest absolute Gasteiger partial charge is 0.339 e. The van der Waals surface area contributed by atoms with Crippen molar-refractivity contribution in [1.82, 2.24) is 30.0 Å². The third-order valence-corrected chi connectivity index (χ3v) is 4.36. The van der Waals surface area contributed by atoms with Gasteiger partial charge in [0.05, 0.1) is 12.1 Å². The maximum atomic E-state index is 5.50. The number of hydrogen-bond donors (Lipinski definition) is 0. The fraction of sp³-hybridized carbons (Fsp3) is 0.412. The molecule has 1 aliphatic rings. The molecule has 4 rings (SSSR count). The van der Waals surface area contributed by atoms with Crippen LogP contribution in [0.15, 0.2) is 47.2 Å². The Morgan fingerprint density at radius 3 is 2.92 bits per heavy atom. The smallest absolute Gasteiger partial charge is 0.231 e. The van der Waals surface area contributed by atoms with Gasteiger partial charge >= 0.3 is 0 Å². The number of hydrogen-bond acceptors (Lipinski definition) is 6. The Balaban J connectivity index is 1.40. The summed E-state index contributed by atoms with van der Waals surface area (Å²) in [4.78, 5) is 7.02. The lowest BCUT2D eigenvalue weighted by Gasteiger charge is -2.30. The van der Waals surface area contributed by atoms with Gasteiger partial charge in [-0.25, -0.2) is 4.68 Å². The fourth-order valence-electron chi connectivity index (χ4n) is 3.20. The highest BCUT2D eigenvalue weighted by Crippen LogP contribution is 2.26. The van der Waals surface area contributed by atoms with Crippen LogP contribution in [0, 0.1) is 0 Å². The van der Waals surface area contributed by atoms with Gasteiger partial charge in [0.2, 0.25) is 5.89 Å². The molecule has 7 heteroatoms. The van der Waals surface area contributed by atoms with Crippen LogP contribution in [0.4, 0.5) is 0 Å². The van der Waals surface area contributed by atoms with Crippen LogP contribution in [0.1, 0.15) is 36.0 Å². The first-order chi connectivity index (χ1) is 11.9. The molecule has 1 aromatic carbocycles. The molecule has 7 nitrogen and oxygen atoms in total. The van der Waals surface area contributed by atoms with Crippen molar-refractivity contribution in [3.05, 3.63) is 60.0 Å². The molecule has 0 spiro atoms. The fourth-order valence-corrected chi connectivity index (χ4v) is 3.20. The third kappa shape index (κ3) is 3.51. The highest BCUT2D eigenvalue weighted by molar-refractivity contribution is 5.14. The van der Waals surface area contributed by atoms with Gasteiger partial charge in [-0.3, -0.25) is 4.90 Å². The molecular weight excluding hydrogens is 304 g/mol. The summed E-state index contributed by atoms with van der Waals surface area (Å²) in [6.45, 7) is 3.53. The second-order valence-electron chi connectivity index (χ2n) is 6.21. The van der Waals surface area contributed by atoms with Gasteiger partial charge in [0, 0.05) is 19.3 Å². The molecule has 1 aliphatic heterocycles. The Kier molecular flexibility index (Phi) is 4.33. The minimum atomic E-state index is 0.305. The minimum Gasteiger partial charge on any atom is -0.339 e. The highest BCUT2D eigenvalue weighted by atomic mass is 16.5. The average molecular weight is 324 g/mol. The summed E-state index contributed by atoms with van der Waals surface area (Å²) in [5.41, 5.74) is 1.34. The van der Waals surface area contributed by atoms with Crippen LogP contribution in [0.2, 0.25) is 0 Å². The number of nitrogens with zero attached hydrogens (tertiary/aromatic N) is 6. The van der Waals surface area contributed by atoms with E-state index in [0.717, 1.165) is 38.4 Å². The predicted molar refractivity (Wildman–Crippen MR) is 87.1 cm³/mol. The lowest BCUT2D eigenvalue weighted by atomic mass is 9.97. The SMILES string of the molecule is c1ccc(CN2CCC[C@@H](c3nc(Cn4ccnn4)no3)C2)cc1. The lowest BCUT2D eigenvalue weighted by Crippen LogP contribution is -2.34. The second-order valence-corrected chi connectivity index (χ2v) is 6.21. The van der Waals surface area contributed by atoms with Crippen molar-refractivity contribution < 1.29 is 4.52 Å². The lowest BCUT2D eigenvalue weighted by molar-refractivity contribution is 0.180. The molecule has 3 aromatic rings. The van der Waals surface area contributed by atoms with Crippen molar-refractivity contribution in [2.24, 2.45) is 0 Å². The molecule has 0 aliphatic carbocycles. The molecule has 0 bridgehead atoms. The van der Waals surface area contributed by atoms with E-state index in [2.05, 4.69) is 55.7 Å². The van der Waals surface area contributed by atoms with Crippen molar-refractivity contribution in [3.63, 3.8) is 0 Å². The molecule has 124 valence electrons. The van der Waals surface area contributed by atoms with E-state index in [4.69, 9.17) is 4.52 Å². The molecule has 24 heavy (non-hydrogen) atoms. The summed E-state index contributed by atoms with van der Waals surface area (Å²) in [6.07, 6.45) is 5.68. The normalized spacial score (nSPS) is 18.8. The van der Waals surface area contributed by atoms with Crippen LogP contribution in [0.25, 0.3) is 0 Å². The quantitative estimate of drug-likeness (QED) is 0.715. The zero-order valence-corrected chi connectivity index (χ0v) is 13.5. The average Bonchev–Trinajstić information content (AvgIpc) is 3.29. The van der Waals surface area contributed by atoms with Crippen LogP contribution in [-0.4, -0.2) is 43.1 Å². The molecule has 0 saturated carbocycles. The third-order valence-electron chi connectivity index (χ3n) is 4.36. The second kappa shape index (κ2) is 6.92. The van der Waals surface area contributed by atoms with E-state index < -0.39 is 0 Å². The van der Waals surface area contributed by atoms with E-state index in [-0.39, 0.29) is 0 Å². The van der Waals surface area contributed by atoms with Gasteiger partial charge in [0.25, 0.3) is 0 Å². The Bertz CT molecular complexity index is 755. The van der Waals surface area contributed by atoms with Gasteiger partial charge in [0.1, 0.15) is 6.54 Å². The van der Waals surface area contributed by atoms with E-state index in [1.165, 1.54) is 5.56 Å². The summed E-state index contributed by atoms with van der Waals surface area (Å²) in [6, 6.07) is 10.6. The van der Waals surface area contributed by atoms with Crippen LogP contribution in [0.5, 0.6) is 0 Å². The van der Waals surface area contributed by atoms with Gasteiger partial charge in [-0.05, 0) is 24.9 Å². The van der Waals surface area contributed by atoms with Crippen molar-refractivity contribution in [1.29, 1.82) is 0 Å². The zero-order chi connectivity index (χ0) is 16.2. The van der Waals surface area contributed by atoms with E-state index in [9.17, 15) is 0 Å². The molecule has 0 amide bonds. The monoisotopic (exact) mass is 324 g/mol. The molecule has 0 N–H and O–H groups in total. The van der Waals surface area contributed by atoms with Crippen molar-refractivity contribution in [2.45, 2.75) is 31.8 Å². The first-order valence-corrected chi connectivity index (χ1v) is 8.30. The van der Waals surface area contributed by atoms with Gasteiger partial charge in [0.15, 0.2) is 5.82 Å². The minimum absolute atomic E-state index is 0.305. The summed E-state index contributed by atoms with van der Waals surface area (Å²) in [5.74, 6) is 1.69. The van der Waals surface area contributed by atoms with E-state index in [0.29, 0.717) is 18.3 Å². The maximum Gasteiger partial charge on any atom is 0.231 e.